The summed E-state index contributed by atoms with van der Waals surface area (Å²) < 4.78 is 0. The molecule has 2 aliphatic rings. The molecule has 2 heterocycles. The van der Waals surface area contributed by atoms with Gasteiger partial charge in [-0.3, -0.25) is 0 Å². The summed E-state index contributed by atoms with van der Waals surface area (Å²) in [5, 5.41) is 4.42. The summed E-state index contributed by atoms with van der Waals surface area (Å²) >= 11 is 0. The molecule has 0 fully saturated rings. The predicted molar refractivity (Wildman–Crippen MR) is 128 cm³/mol. The highest BCUT2D eigenvalue weighted by Crippen LogP contribution is 2.46. The van der Waals surface area contributed by atoms with Crippen LogP contribution in [-0.4, -0.2) is 0 Å². The van der Waals surface area contributed by atoms with Crippen molar-refractivity contribution < 1.29 is 0 Å². The molecular weight excluding hydrogens is 388 g/mol. The summed E-state index contributed by atoms with van der Waals surface area (Å²) in [6.45, 7) is 0. The summed E-state index contributed by atoms with van der Waals surface area (Å²) in [6.07, 6.45) is 0. The molecule has 2 heteroatoms. The van der Waals surface area contributed by atoms with Crippen LogP contribution in [0.15, 0.2) is 119 Å². The molecule has 0 unspecified atom stereocenters. The van der Waals surface area contributed by atoms with Crippen LogP contribution in [0.1, 0.15) is 0 Å². The van der Waals surface area contributed by atoms with E-state index in [0.29, 0.717) is 0 Å². The average Bonchev–Trinajstić information content (AvgIpc) is 3.42. The first-order chi connectivity index (χ1) is 15.9. The van der Waals surface area contributed by atoms with E-state index in [9.17, 15) is 0 Å². The lowest BCUT2D eigenvalue weighted by Crippen LogP contribution is -2.01. The Morgan fingerprint density at radius 1 is 0.406 bits per heavy atom. The van der Waals surface area contributed by atoms with Crippen LogP contribution < -0.4 is 10.7 Å². The molecule has 0 aliphatic carbocycles. The Bertz CT molecular complexity index is 1770. The van der Waals surface area contributed by atoms with E-state index in [-0.39, 0.29) is 0 Å². The fourth-order valence-corrected chi connectivity index (χ4v) is 5.01. The second-order valence-electron chi connectivity index (χ2n) is 8.21. The van der Waals surface area contributed by atoms with Crippen molar-refractivity contribution >= 4 is 11.4 Å². The number of rotatable bonds is 2. The van der Waals surface area contributed by atoms with E-state index in [2.05, 4.69) is 103 Å². The van der Waals surface area contributed by atoms with Gasteiger partial charge < -0.3 is 0 Å². The molecular formula is C30H18N2. The Labute approximate surface area is 185 Å². The monoisotopic (exact) mass is 406 g/mol. The smallest absolute Gasteiger partial charge is 0.0817 e. The molecule has 2 nitrogen and oxygen atoms in total. The van der Waals surface area contributed by atoms with Crippen molar-refractivity contribution in [1.82, 2.24) is 0 Å². The second-order valence-corrected chi connectivity index (χ2v) is 8.21. The molecule has 5 aromatic carbocycles. The van der Waals surface area contributed by atoms with Crippen molar-refractivity contribution in [3.05, 3.63) is 130 Å². The minimum Gasteiger partial charge on any atom is -0.248 e. The van der Waals surface area contributed by atoms with Crippen molar-refractivity contribution in [2.75, 3.05) is 0 Å². The lowest BCUT2D eigenvalue weighted by molar-refractivity contribution is 1.36. The van der Waals surface area contributed by atoms with Crippen molar-refractivity contribution in [2.24, 2.45) is 9.98 Å². The van der Waals surface area contributed by atoms with Crippen molar-refractivity contribution in [1.29, 1.82) is 0 Å². The lowest BCUT2D eigenvalue weighted by Gasteiger charge is -2.15. The molecule has 148 valence electrons. The molecule has 0 amide bonds. The topological polar surface area (TPSA) is 24.7 Å². The number of hydrogen-bond donors (Lipinski definition) is 0. The Morgan fingerprint density at radius 2 is 1.16 bits per heavy atom. The van der Waals surface area contributed by atoms with Crippen LogP contribution in [0.5, 0.6) is 0 Å². The first-order valence-corrected chi connectivity index (χ1v) is 10.9. The zero-order valence-electron chi connectivity index (χ0n) is 17.3. The first-order valence-electron chi connectivity index (χ1n) is 10.9. The summed E-state index contributed by atoms with van der Waals surface area (Å²) in [4.78, 5) is 10.0. The summed E-state index contributed by atoms with van der Waals surface area (Å²) in [5.74, 6) is 0. The summed E-state index contributed by atoms with van der Waals surface area (Å²) in [6, 6.07) is 38.3. The van der Waals surface area contributed by atoms with Crippen molar-refractivity contribution in [2.45, 2.75) is 0 Å². The third-order valence-electron chi connectivity index (χ3n) is 6.42. The largest absolute Gasteiger partial charge is 0.248 e. The maximum atomic E-state index is 5.04. The van der Waals surface area contributed by atoms with Gasteiger partial charge in [-0.25, -0.2) is 9.98 Å². The molecule has 0 atom stereocenters. The van der Waals surface area contributed by atoms with E-state index in [1.807, 2.05) is 6.07 Å². The average molecular weight is 406 g/mol. The van der Waals surface area contributed by atoms with Crippen molar-refractivity contribution in [3.8, 4) is 33.4 Å². The Balaban J connectivity index is 1.55. The molecule has 0 radical (unpaired) electrons. The van der Waals surface area contributed by atoms with Crippen LogP contribution in [0.4, 0.5) is 11.4 Å². The number of nitrogens with zero attached hydrogens (tertiary/aromatic N) is 2. The normalized spacial score (nSPS) is 12.2. The molecule has 0 spiro atoms. The zero-order valence-corrected chi connectivity index (χ0v) is 17.3. The standard InChI is InChI=1S/C30H18N2/c1-2-9-19(10-3-1)20-11-4-5-12-21(20)23-14-8-16-26-28(23)29-27(31-26)18-17-24-22-13-6-7-15-25(22)32-30(24)29/h1-18H. The number of fused-ring (bicyclic) bond motifs is 6. The molecule has 2 aliphatic heterocycles. The van der Waals surface area contributed by atoms with Gasteiger partial charge in [-0.05, 0) is 46.5 Å². The maximum Gasteiger partial charge on any atom is 0.0817 e. The number of hydrogen-bond acceptors (Lipinski definition) is 2. The molecule has 5 aromatic rings. The van der Waals surface area contributed by atoms with Gasteiger partial charge in [0.25, 0.3) is 0 Å². The van der Waals surface area contributed by atoms with Crippen molar-refractivity contribution in [3.63, 3.8) is 0 Å². The Morgan fingerprint density at radius 3 is 2.06 bits per heavy atom. The molecule has 0 aromatic heterocycles. The van der Waals surface area contributed by atoms with E-state index in [4.69, 9.17) is 9.98 Å². The SMILES string of the molecule is c1ccc(-c2ccccc2-c2cccc3c2-c2c4c(ccc2=N3)=c2ccccc2=N4)cc1. The van der Waals surface area contributed by atoms with Crippen LogP contribution in [-0.2, 0) is 0 Å². The van der Waals surface area contributed by atoms with Crippen LogP contribution in [0, 0.1) is 10.4 Å². The number of para-hydroxylation sites is 1. The zero-order chi connectivity index (χ0) is 21.1. The second kappa shape index (κ2) is 6.60. The summed E-state index contributed by atoms with van der Waals surface area (Å²) in [7, 11) is 0. The van der Waals surface area contributed by atoms with Gasteiger partial charge in [0, 0.05) is 21.6 Å². The highest BCUT2D eigenvalue weighted by Gasteiger charge is 2.24. The van der Waals surface area contributed by atoms with Gasteiger partial charge in [-0.1, -0.05) is 84.9 Å². The molecule has 0 saturated carbocycles. The quantitative estimate of drug-likeness (QED) is 0.313. The minimum absolute atomic E-state index is 1.000. The Hall–Kier alpha value is -4.30. The van der Waals surface area contributed by atoms with Gasteiger partial charge in [0.15, 0.2) is 0 Å². The summed E-state index contributed by atoms with van der Waals surface area (Å²) in [5.41, 5.74) is 9.23. The highest BCUT2D eigenvalue weighted by molar-refractivity contribution is 6.00. The number of benzene rings is 5. The van der Waals surface area contributed by atoms with Gasteiger partial charge >= 0.3 is 0 Å². The molecule has 7 rings (SSSR count). The third-order valence-corrected chi connectivity index (χ3v) is 6.42. The van der Waals surface area contributed by atoms with E-state index in [1.165, 1.54) is 38.3 Å². The predicted octanol–water partition coefficient (Wildman–Crippen LogP) is 6.50. The minimum atomic E-state index is 1.000. The molecule has 0 saturated heterocycles. The Kier molecular flexibility index (Phi) is 3.58. The van der Waals surface area contributed by atoms with E-state index in [0.717, 1.165) is 27.7 Å². The maximum absolute atomic E-state index is 5.04. The highest BCUT2D eigenvalue weighted by atomic mass is 14.8. The molecule has 0 bridgehead atoms. The van der Waals surface area contributed by atoms with Gasteiger partial charge in [0.2, 0.25) is 0 Å². The van der Waals surface area contributed by atoms with Gasteiger partial charge in [0.05, 0.1) is 22.1 Å². The van der Waals surface area contributed by atoms with Gasteiger partial charge in [-0.2, -0.15) is 0 Å². The fourth-order valence-electron chi connectivity index (χ4n) is 5.01. The molecule has 0 N–H and O–H groups in total. The van der Waals surface area contributed by atoms with E-state index >= 15 is 0 Å². The lowest BCUT2D eigenvalue weighted by atomic mass is 9.88. The van der Waals surface area contributed by atoms with Gasteiger partial charge in [0.1, 0.15) is 0 Å². The van der Waals surface area contributed by atoms with E-state index in [1.54, 1.807) is 0 Å². The van der Waals surface area contributed by atoms with Crippen LogP contribution in [0.3, 0.4) is 0 Å². The fraction of sp³-hybridized carbons (Fsp3) is 0. The van der Waals surface area contributed by atoms with Crippen LogP contribution in [0.2, 0.25) is 0 Å². The molecule has 32 heavy (non-hydrogen) atoms. The first kappa shape index (κ1) is 17.4. The van der Waals surface area contributed by atoms with Gasteiger partial charge in [-0.15, -0.1) is 0 Å². The van der Waals surface area contributed by atoms with Crippen LogP contribution >= 0.6 is 0 Å². The van der Waals surface area contributed by atoms with Crippen LogP contribution in [0.25, 0.3) is 33.4 Å². The third kappa shape index (κ3) is 2.41. The van der Waals surface area contributed by atoms with E-state index < -0.39 is 0 Å².